The normalized spacial score (nSPS) is 11.8. The van der Waals surface area contributed by atoms with Crippen LogP contribution in [-0.4, -0.2) is 26.8 Å². The Hall–Kier alpha value is -2.15. The fourth-order valence-corrected chi connectivity index (χ4v) is 2.23. The largest absolute Gasteiger partial charge is 0.349 e. The van der Waals surface area contributed by atoms with Crippen LogP contribution >= 0.6 is 11.8 Å². The van der Waals surface area contributed by atoms with Crippen LogP contribution in [0.3, 0.4) is 0 Å². The topological polar surface area (TPSA) is 87.7 Å². The van der Waals surface area contributed by atoms with E-state index in [0.29, 0.717) is 5.16 Å². The van der Waals surface area contributed by atoms with Gasteiger partial charge >= 0.3 is 0 Å². The Kier molecular flexibility index (Phi) is 4.89. The van der Waals surface area contributed by atoms with Crippen LogP contribution in [0.2, 0.25) is 0 Å². The molecule has 1 atom stereocenters. The Balaban J connectivity index is 1.85. The van der Waals surface area contributed by atoms with Crippen LogP contribution in [0.15, 0.2) is 46.5 Å². The maximum absolute atomic E-state index is 11.8. The summed E-state index contributed by atoms with van der Waals surface area (Å²) in [5.74, 6) is 0.0454. The molecule has 2 rings (SSSR count). The number of carbonyl (C=O) groups is 1. The molecule has 0 spiro atoms. The van der Waals surface area contributed by atoms with Gasteiger partial charge in [0.25, 0.3) is 5.56 Å². The number of hydrogen-bond donors (Lipinski definition) is 2. The molecular weight excluding hydrogens is 276 g/mol. The van der Waals surface area contributed by atoms with Crippen molar-refractivity contribution in [3.8, 4) is 0 Å². The quantitative estimate of drug-likeness (QED) is 0.806. The third-order valence-electron chi connectivity index (χ3n) is 2.57. The lowest BCUT2D eigenvalue weighted by atomic mass is 10.1. The molecule has 0 fully saturated rings. The molecule has 1 amide bonds. The number of aromatic nitrogens is 3. The summed E-state index contributed by atoms with van der Waals surface area (Å²) >= 11 is 1.14. The number of benzene rings is 1. The Labute approximate surface area is 120 Å². The number of aromatic amines is 1. The fourth-order valence-electron chi connectivity index (χ4n) is 1.60. The second kappa shape index (κ2) is 6.85. The minimum absolute atomic E-state index is 0.0646. The molecule has 1 heterocycles. The highest BCUT2D eigenvalue weighted by molar-refractivity contribution is 7.99. The molecule has 6 nitrogen and oxygen atoms in total. The summed E-state index contributed by atoms with van der Waals surface area (Å²) in [5.41, 5.74) is 0.708. The molecular formula is C13H14N4O2S. The van der Waals surface area contributed by atoms with Crippen LogP contribution in [0.4, 0.5) is 0 Å². The number of hydrogen-bond acceptors (Lipinski definition) is 5. The molecule has 20 heavy (non-hydrogen) atoms. The highest BCUT2D eigenvalue weighted by Gasteiger charge is 2.10. The van der Waals surface area contributed by atoms with Gasteiger partial charge in [0, 0.05) is 0 Å². The number of nitrogens with zero attached hydrogens (tertiary/aromatic N) is 2. The van der Waals surface area contributed by atoms with Gasteiger partial charge in [-0.1, -0.05) is 42.1 Å². The number of nitrogens with one attached hydrogen (secondary N) is 2. The first-order valence-electron chi connectivity index (χ1n) is 6.04. The van der Waals surface area contributed by atoms with E-state index >= 15 is 0 Å². The van der Waals surface area contributed by atoms with E-state index in [0.717, 1.165) is 23.5 Å². The Morgan fingerprint density at radius 1 is 1.40 bits per heavy atom. The van der Waals surface area contributed by atoms with Gasteiger partial charge in [-0.15, -0.1) is 5.10 Å². The van der Waals surface area contributed by atoms with Gasteiger partial charge in [-0.3, -0.25) is 14.6 Å². The predicted molar refractivity (Wildman–Crippen MR) is 76.4 cm³/mol. The van der Waals surface area contributed by atoms with Crippen LogP contribution in [0.1, 0.15) is 18.5 Å². The fraction of sp³-hybridized carbons (Fsp3) is 0.231. The van der Waals surface area contributed by atoms with Crippen molar-refractivity contribution >= 4 is 17.7 Å². The van der Waals surface area contributed by atoms with E-state index < -0.39 is 0 Å². The number of carbonyl (C=O) groups excluding carboxylic acids is 1. The number of thioether (sulfide) groups is 1. The summed E-state index contributed by atoms with van der Waals surface area (Å²) in [7, 11) is 0. The summed E-state index contributed by atoms with van der Waals surface area (Å²) in [6.45, 7) is 1.92. The predicted octanol–water partition coefficient (Wildman–Crippen LogP) is 1.13. The van der Waals surface area contributed by atoms with Crippen LogP contribution in [-0.2, 0) is 4.79 Å². The second-order valence-corrected chi connectivity index (χ2v) is 5.09. The third-order valence-corrected chi connectivity index (χ3v) is 3.43. The van der Waals surface area contributed by atoms with Crippen LogP contribution < -0.4 is 10.9 Å². The molecule has 0 saturated carbocycles. The van der Waals surface area contributed by atoms with Crippen LogP contribution in [0.25, 0.3) is 0 Å². The summed E-state index contributed by atoms with van der Waals surface area (Å²) in [5, 5.41) is 10.5. The molecule has 104 valence electrons. The first-order chi connectivity index (χ1) is 9.65. The van der Waals surface area contributed by atoms with Gasteiger partial charge in [-0.25, -0.2) is 0 Å². The van der Waals surface area contributed by atoms with Gasteiger partial charge in [0.05, 0.1) is 11.8 Å². The van der Waals surface area contributed by atoms with Gasteiger partial charge < -0.3 is 5.32 Å². The lowest BCUT2D eigenvalue weighted by Crippen LogP contribution is -2.28. The Bertz CT molecular complexity index is 630. The first kappa shape index (κ1) is 14.3. The average molecular weight is 290 g/mol. The smallest absolute Gasteiger partial charge is 0.270 e. The van der Waals surface area contributed by atoms with Crippen molar-refractivity contribution in [1.29, 1.82) is 0 Å². The van der Waals surface area contributed by atoms with E-state index in [4.69, 9.17) is 0 Å². The third kappa shape index (κ3) is 4.20. The van der Waals surface area contributed by atoms with E-state index in [1.54, 1.807) is 0 Å². The number of H-pyrrole nitrogens is 1. The zero-order valence-corrected chi connectivity index (χ0v) is 11.7. The monoisotopic (exact) mass is 290 g/mol. The highest BCUT2D eigenvalue weighted by Crippen LogP contribution is 2.13. The van der Waals surface area contributed by atoms with Crippen molar-refractivity contribution in [3.63, 3.8) is 0 Å². The van der Waals surface area contributed by atoms with E-state index in [1.165, 1.54) is 0 Å². The molecule has 0 bridgehead atoms. The van der Waals surface area contributed by atoms with Crippen molar-refractivity contribution in [2.45, 2.75) is 18.1 Å². The molecule has 0 unspecified atom stereocenters. The van der Waals surface area contributed by atoms with Gasteiger partial charge in [-0.2, -0.15) is 5.10 Å². The minimum Gasteiger partial charge on any atom is -0.349 e. The van der Waals surface area contributed by atoms with Crippen molar-refractivity contribution in [1.82, 2.24) is 20.5 Å². The highest BCUT2D eigenvalue weighted by atomic mass is 32.2. The molecule has 0 radical (unpaired) electrons. The van der Waals surface area contributed by atoms with E-state index in [9.17, 15) is 9.59 Å². The molecule has 0 saturated heterocycles. The molecule has 2 N–H and O–H groups in total. The van der Waals surface area contributed by atoms with E-state index in [-0.39, 0.29) is 23.3 Å². The lowest BCUT2D eigenvalue weighted by Gasteiger charge is -2.13. The van der Waals surface area contributed by atoms with Gasteiger partial charge in [0.2, 0.25) is 5.91 Å². The van der Waals surface area contributed by atoms with Gasteiger partial charge in [-0.05, 0) is 12.5 Å². The zero-order chi connectivity index (χ0) is 14.4. The molecule has 0 aliphatic carbocycles. The summed E-state index contributed by atoms with van der Waals surface area (Å²) in [6.07, 6.45) is 1.08. The van der Waals surface area contributed by atoms with Gasteiger partial charge in [0.15, 0.2) is 5.16 Å². The Morgan fingerprint density at radius 3 is 2.85 bits per heavy atom. The standard InChI is InChI=1S/C13H14N4O2S/c1-9(10-5-3-2-4-6-10)15-12(19)8-20-13-16-11(18)7-14-17-13/h2-7,9H,8H2,1H3,(H,15,19)(H,16,17,18)/t9-/m0/s1. The maximum Gasteiger partial charge on any atom is 0.270 e. The summed E-state index contributed by atoms with van der Waals surface area (Å²) in [6, 6.07) is 9.63. The van der Waals surface area contributed by atoms with Crippen LogP contribution in [0.5, 0.6) is 0 Å². The minimum atomic E-state index is -0.333. The van der Waals surface area contributed by atoms with Crippen molar-refractivity contribution < 1.29 is 4.79 Å². The van der Waals surface area contributed by atoms with E-state index in [1.807, 2.05) is 37.3 Å². The van der Waals surface area contributed by atoms with Crippen molar-refractivity contribution in [2.75, 3.05) is 5.75 Å². The Morgan fingerprint density at radius 2 is 2.15 bits per heavy atom. The van der Waals surface area contributed by atoms with Crippen molar-refractivity contribution in [2.24, 2.45) is 0 Å². The summed E-state index contributed by atoms with van der Waals surface area (Å²) in [4.78, 5) is 25.3. The molecule has 1 aromatic carbocycles. The average Bonchev–Trinajstić information content (AvgIpc) is 2.46. The van der Waals surface area contributed by atoms with E-state index in [2.05, 4.69) is 20.5 Å². The molecule has 1 aromatic heterocycles. The van der Waals surface area contributed by atoms with Gasteiger partial charge in [0.1, 0.15) is 6.20 Å². The molecule has 0 aliphatic heterocycles. The molecule has 7 heteroatoms. The number of amides is 1. The maximum atomic E-state index is 11.8. The molecule has 0 aliphatic rings. The second-order valence-electron chi connectivity index (χ2n) is 4.13. The summed E-state index contributed by atoms with van der Waals surface area (Å²) < 4.78 is 0. The van der Waals surface area contributed by atoms with Crippen molar-refractivity contribution in [3.05, 3.63) is 52.4 Å². The van der Waals surface area contributed by atoms with Crippen LogP contribution in [0, 0.1) is 0 Å². The molecule has 2 aromatic rings. The number of rotatable bonds is 5. The SMILES string of the molecule is C[C@H](NC(=O)CSc1nncc(=O)[nH]1)c1ccccc1. The first-order valence-corrected chi connectivity index (χ1v) is 7.03. The zero-order valence-electron chi connectivity index (χ0n) is 10.9. The lowest BCUT2D eigenvalue weighted by molar-refractivity contribution is -0.119.